The molecule has 8 heteroatoms. The number of hydrogen-bond acceptors (Lipinski definition) is 6. The van der Waals surface area contributed by atoms with Crippen LogP contribution in [0.1, 0.15) is 31.4 Å². The van der Waals surface area contributed by atoms with Gasteiger partial charge in [0, 0.05) is 59.8 Å². The first kappa shape index (κ1) is 17.9. The van der Waals surface area contributed by atoms with Crippen molar-refractivity contribution in [2.45, 2.75) is 25.7 Å². The molecule has 0 bridgehead atoms. The Hall–Kier alpha value is -2.45. The Balaban J connectivity index is 1.54. The molecule has 0 unspecified atom stereocenters. The van der Waals surface area contributed by atoms with E-state index in [1.54, 1.807) is 29.8 Å². The first-order valence-corrected chi connectivity index (χ1v) is 10.7. The van der Waals surface area contributed by atoms with Crippen molar-refractivity contribution in [2.75, 3.05) is 18.8 Å². The van der Waals surface area contributed by atoms with E-state index in [-0.39, 0.29) is 11.7 Å². The zero-order chi connectivity index (χ0) is 18.9. The molecule has 0 amide bonds. The molecular weight excluding hydrogens is 362 g/mol. The first-order chi connectivity index (χ1) is 13.1. The standard InChI is InChI=1S/C19H21N5O2S/c1-2-27(25,26)24-7-5-14(6-8-24)18-4-3-15-9-16(12-22-19(15)23-18)17-10-20-13-21-11-17/h3-4,9-14H,2,5-8H2,1H3. The smallest absolute Gasteiger partial charge is 0.213 e. The molecule has 0 aromatic carbocycles. The fraction of sp³-hybridized carbons (Fsp3) is 0.368. The summed E-state index contributed by atoms with van der Waals surface area (Å²) in [6.45, 7) is 2.80. The molecule has 3 aromatic rings. The highest BCUT2D eigenvalue weighted by Gasteiger charge is 2.28. The molecule has 4 heterocycles. The van der Waals surface area contributed by atoms with Crippen molar-refractivity contribution >= 4 is 21.1 Å². The van der Waals surface area contributed by atoms with Gasteiger partial charge in [0.25, 0.3) is 0 Å². The third kappa shape index (κ3) is 3.68. The van der Waals surface area contributed by atoms with Gasteiger partial charge >= 0.3 is 0 Å². The van der Waals surface area contributed by atoms with Crippen LogP contribution in [-0.2, 0) is 10.0 Å². The van der Waals surface area contributed by atoms with Gasteiger partial charge in [-0.1, -0.05) is 0 Å². The minimum Gasteiger partial charge on any atom is -0.244 e. The molecule has 1 fully saturated rings. The molecule has 0 saturated carbocycles. The summed E-state index contributed by atoms with van der Waals surface area (Å²) in [6.07, 6.45) is 8.39. The highest BCUT2D eigenvalue weighted by atomic mass is 32.2. The molecule has 1 saturated heterocycles. The monoisotopic (exact) mass is 383 g/mol. The summed E-state index contributed by atoms with van der Waals surface area (Å²) in [5, 5.41) is 0.964. The molecule has 1 aliphatic rings. The van der Waals surface area contributed by atoms with Gasteiger partial charge in [0.05, 0.1) is 5.75 Å². The van der Waals surface area contributed by atoms with Crippen LogP contribution >= 0.6 is 0 Å². The van der Waals surface area contributed by atoms with Crippen molar-refractivity contribution in [2.24, 2.45) is 0 Å². The van der Waals surface area contributed by atoms with Gasteiger partial charge in [-0.25, -0.2) is 32.7 Å². The van der Waals surface area contributed by atoms with Crippen LogP contribution in [0.15, 0.2) is 43.1 Å². The lowest BCUT2D eigenvalue weighted by molar-refractivity contribution is 0.317. The highest BCUT2D eigenvalue weighted by molar-refractivity contribution is 7.89. The summed E-state index contributed by atoms with van der Waals surface area (Å²) in [7, 11) is -3.10. The predicted molar refractivity (Wildman–Crippen MR) is 104 cm³/mol. The third-order valence-corrected chi connectivity index (χ3v) is 6.97. The van der Waals surface area contributed by atoms with E-state index in [0.29, 0.717) is 18.7 Å². The molecule has 0 spiro atoms. The maximum absolute atomic E-state index is 12.0. The highest BCUT2D eigenvalue weighted by Crippen LogP contribution is 2.29. The number of fused-ring (bicyclic) bond motifs is 1. The van der Waals surface area contributed by atoms with Gasteiger partial charge in [-0.3, -0.25) is 0 Å². The largest absolute Gasteiger partial charge is 0.244 e. The average Bonchev–Trinajstić information content (AvgIpc) is 2.73. The van der Waals surface area contributed by atoms with E-state index in [4.69, 9.17) is 4.98 Å². The Bertz CT molecular complexity index is 1050. The molecule has 4 rings (SSSR count). The minimum absolute atomic E-state index is 0.157. The second-order valence-electron chi connectivity index (χ2n) is 6.71. The predicted octanol–water partition coefficient (Wildman–Crippen LogP) is 2.62. The lowest BCUT2D eigenvalue weighted by Crippen LogP contribution is -2.38. The Morgan fingerprint density at radius 3 is 2.52 bits per heavy atom. The lowest BCUT2D eigenvalue weighted by Gasteiger charge is -2.30. The fourth-order valence-electron chi connectivity index (χ4n) is 3.47. The summed E-state index contributed by atoms with van der Waals surface area (Å²) in [6, 6.07) is 6.10. The quantitative estimate of drug-likeness (QED) is 0.688. The summed E-state index contributed by atoms with van der Waals surface area (Å²) in [4.78, 5) is 17.3. The Kier molecular flexibility index (Phi) is 4.84. The van der Waals surface area contributed by atoms with Crippen LogP contribution < -0.4 is 0 Å². The van der Waals surface area contributed by atoms with Crippen molar-refractivity contribution in [3.8, 4) is 11.1 Å². The molecule has 7 nitrogen and oxygen atoms in total. The van der Waals surface area contributed by atoms with Crippen LogP contribution in [-0.4, -0.2) is 51.5 Å². The average molecular weight is 383 g/mol. The number of pyridine rings is 2. The minimum atomic E-state index is -3.10. The Morgan fingerprint density at radius 2 is 1.81 bits per heavy atom. The Labute approximate surface area is 158 Å². The third-order valence-electron chi connectivity index (χ3n) is 5.09. The lowest BCUT2D eigenvalue weighted by atomic mass is 9.94. The fourth-order valence-corrected chi connectivity index (χ4v) is 4.60. The number of piperidine rings is 1. The number of sulfonamides is 1. The van der Waals surface area contributed by atoms with Gasteiger partial charge < -0.3 is 0 Å². The number of nitrogens with zero attached hydrogens (tertiary/aromatic N) is 5. The molecule has 0 N–H and O–H groups in total. The topological polar surface area (TPSA) is 88.9 Å². The van der Waals surface area contributed by atoms with E-state index in [9.17, 15) is 8.42 Å². The molecule has 0 radical (unpaired) electrons. The van der Waals surface area contributed by atoms with Crippen LogP contribution in [0.2, 0.25) is 0 Å². The maximum atomic E-state index is 12.0. The van der Waals surface area contributed by atoms with Crippen LogP contribution in [0.3, 0.4) is 0 Å². The number of hydrogen-bond donors (Lipinski definition) is 0. The molecular formula is C19H21N5O2S. The molecule has 0 atom stereocenters. The van der Waals surface area contributed by atoms with Crippen molar-refractivity contribution in [3.63, 3.8) is 0 Å². The van der Waals surface area contributed by atoms with Gasteiger partial charge in [-0.15, -0.1) is 0 Å². The van der Waals surface area contributed by atoms with Gasteiger partial charge in [0.15, 0.2) is 5.65 Å². The van der Waals surface area contributed by atoms with Crippen LogP contribution in [0.5, 0.6) is 0 Å². The molecule has 0 aliphatic carbocycles. The molecule has 3 aromatic heterocycles. The van der Waals surface area contributed by atoms with Gasteiger partial charge in [-0.05, 0) is 38.0 Å². The summed E-state index contributed by atoms with van der Waals surface area (Å²) in [5.74, 6) is 0.423. The van der Waals surface area contributed by atoms with Gasteiger partial charge in [0.2, 0.25) is 10.0 Å². The zero-order valence-corrected chi connectivity index (χ0v) is 15.9. The zero-order valence-electron chi connectivity index (χ0n) is 15.1. The van der Waals surface area contributed by atoms with Crippen molar-refractivity contribution in [1.29, 1.82) is 0 Å². The van der Waals surface area contributed by atoms with Crippen LogP contribution in [0.4, 0.5) is 0 Å². The van der Waals surface area contributed by atoms with Crippen LogP contribution in [0.25, 0.3) is 22.2 Å². The summed E-state index contributed by atoms with van der Waals surface area (Å²) < 4.78 is 25.6. The maximum Gasteiger partial charge on any atom is 0.213 e. The number of rotatable bonds is 4. The van der Waals surface area contributed by atoms with Crippen LogP contribution in [0, 0.1) is 0 Å². The SMILES string of the molecule is CCS(=O)(=O)N1CCC(c2ccc3cc(-c4cncnc4)cnc3n2)CC1. The molecule has 140 valence electrons. The van der Waals surface area contributed by atoms with Gasteiger partial charge in [-0.2, -0.15) is 0 Å². The molecule has 27 heavy (non-hydrogen) atoms. The number of aromatic nitrogens is 4. The normalized spacial score (nSPS) is 16.6. The van der Waals surface area contributed by atoms with E-state index >= 15 is 0 Å². The van der Waals surface area contributed by atoms with Crippen molar-refractivity contribution < 1.29 is 8.42 Å². The second-order valence-corrected chi connectivity index (χ2v) is 8.97. The van der Waals surface area contributed by atoms with Crippen molar-refractivity contribution in [3.05, 3.63) is 48.8 Å². The summed E-state index contributed by atoms with van der Waals surface area (Å²) in [5.41, 5.74) is 3.56. The van der Waals surface area contributed by atoms with Gasteiger partial charge in [0.1, 0.15) is 6.33 Å². The second kappa shape index (κ2) is 7.28. The van der Waals surface area contributed by atoms with E-state index in [1.165, 1.54) is 6.33 Å². The first-order valence-electron chi connectivity index (χ1n) is 9.07. The van der Waals surface area contributed by atoms with Crippen molar-refractivity contribution in [1.82, 2.24) is 24.2 Å². The molecule has 1 aliphatic heterocycles. The Morgan fingerprint density at radius 1 is 1.07 bits per heavy atom. The van der Waals surface area contributed by atoms with E-state index in [0.717, 1.165) is 35.0 Å². The summed E-state index contributed by atoms with van der Waals surface area (Å²) >= 11 is 0. The van der Waals surface area contributed by atoms with E-state index in [2.05, 4.69) is 15.0 Å². The van der Waals surface area contributed by atoms with E-state index in [1.807, 2.05) is 18.2 Å². The van der Waals surface area contributed by atoms with E-state index < -0.39 is 10.0 Å².